The van der Waals surface area contributed by atoms with Gasteiger partial charge in [0.15, 0.2) is 0 Å². The maximum atomic E-state index is 6.15. The molecule has 0 aromatic rings. The van der Waals surface area contributed by atoms with Gasteiger partial charge < -0.3 is 10.5 Å². The van der Waals surface area contributed by atoms with Gasteiger partial charge in [-0.1, -0.05) is 19.8 Å². The molecule has 1 aliphatic carbocycles. The van der Waals surface area contributed by atoms with E-state index in [4.69, 9.17) is 10.5 Å². The Bertz CT molecular complexity index is 305. The van der Waals surface area contributed by atoms with Gasteiger partial charge in [0.2, 0.25) is 0 Å². The Kier molecular flexibility index (Phi) is 4.59. The van der Waals surface area contributed by atoms with Crippen LogP contribution >= 0.6 is 0 Å². The fourth-order valence-electron chi connectivity index (χ4n) is 4.03. The summed E-state index contributed by atoms with van der Waals surface area (Å²) < 4.78 is 6.14. The Labute approximate surface area is 118 Å². The van der Waals surface area contributed by atoms with Crippen LogP contribution in [0.2, 0.25) is 0 Å². The summed E-state index contributed by atoms with van der Waals surface area (Å²) in [5, 5.41) is 0. The molecule has 0 amide bonds. The maximum Gasteiger partial charge on any atom is 0.0710 e. The summed E-state index contributed by atoms with van der Waals surface area (Å²) in [5.74, 6) is 0.806. The molecule has 0 aromatic carbocycles. The molecule has 0 aromatic heterocycles. The van der Waals surface area contributed by atoms with Crippen LogP contribution in [0.25, 0.3) is 0 Å². The molecule has 3 nitrogen and oxygen atoms in total. The zero-order valence-corrected chi connectivity index (χ0v) is 13.2. The van der Waals surface area contributed by atoms with Crippen molar-refractivity contribution in [3.05, 3.63) is 0 Å². The Hall–Kier alpha value is -0.120. The van der Waals surface area contributed by atoms with Crippen LogP contribution in [-0.2, 0) is 4.74 Å². The standard InChI is InChI=1S/C16H32N2O/c1-13-6-5-8-16(10-13,12-17)18(4)11-14-7-9-15(2,3)19-14/h13-14H,5-12,17H2,1-4H3. The van der Waals surface area contributed by atoms with Gasteiger partial charge >= 0.3 is 0 Å². The molecule has 2 fully saturated rings. The Morgan fingerprint density at radius 2 is 2.00 bits per heavy atom. The van der Waals surface area contributed by atoms with Gasteiger partial charge in [0.25, 0.3) is 0 Å². The predicted molar refractivity (Wildman–Crippen MR) is 80.2 cm³/mol. The third-order valence-electron chi connectivity index (χ3n) is 5.29. The molecule has 19 heavy (non-hydrogen) atoms. The van der Waals surface area contributed by atoms with Crippen LogP contribution in [0.5, 0.6) is 0 Å². The van der Waals surface area contributed by atoms with Crippen molar-refractivity contribution < 1.29 is 4.74 Å². The largest absolute Gasteiger partial charge is 0.371 e. The van der Waals surface area contributed by atoms with Crippen LogP contribution < -0.4 is 5.73 Å². The minimum absolute atomic E-state index is 0.0707. The summed E-state index contributed by atoms with van der Waals surface area (Å²) in [7, 11) is 2.25. The first kappa shape index (κ1) is 15.3. The lowest BCUT2D eigenvalue weighted by atomic mass is 9.75. The second-order valence-corrected chi connectivity index (χ2v) is 7.55. The summed E-state index contributed by atoms with van der Waals surface area (Å²) in [4.78, 5) is 2.51. The van der Waals surface area contributed by atoms with E-state index in [0.29, 0.717) is 6.10 Å². The molecule has 3 heteroatoms. The van der Waals surface area contributed by atoms with Crippen LogP contribution in [-0.4, -0.2) is 42.3 Å². The number of hydrogen-bond donors (Lipinski definition) is 1. The van der Waals surface area contributed by atoms with Gasteiger partial charge in [0, 0.05) is 18.6 Å². The van der Waals surface area contributed by atoms with Crippen LogP contribution in [0.15, 0.2) is 0 Å². The number of nitrogens with two attached hydrogens (primary N) is 1. The molecular formula is C16H32N2O. The van der Waals surface area contributed by atoms with Gasteiger partial charge in [-0.15, -0.1) is 0 Å². The topological polar surface area (TPSA) is 38.5 Å². The van der Waals surface area contributed by atoms with Crippen molar-refractivity contribution in [2.45, 2.75) is 76.5 Å². The molecular weight excluding hydrogens is 236 g/mol. The highest BCUT2D eigenvalue weighted by atomic mass is 16.5. The van der Waals surface area contributed by atoms with Gasteiger partial charge in [0.05, 0.1) is 11.7 Å². The van der Waals surface area contributed by atoms with Crippen LogP contribution in [0, 0.1) is 5.92 Å². The summed E-state index contributed by atoms with van der Waals surface area (Å²) in [5.41, 5.74) is 6.43. The smallest absolute Gasteiger partial charge is 0.0710 e. The van der Waals surface area contributed by atoms with E-state index in [9.17, 15) is 0 Å². The van der Waals surface area contributed by atoms with E-state index in [1.54, 1.807) is 0 Å². The molecule has 0 bridgehead atoms. The van der Waals surface area contributed by atoms with Gasteiger partial charge in [-0.25, -0.2) is 0 Å². The third kappa shape index (κ3) is 3.50. The minimum Gasteiger partial charge on any atom is -0.371 e. The lowest BCUT2D eigenvalue weighted by Crippen LogP contribution is -2.56. The van der Waals surface area contributed by atoms with Crippen molar-refractivity contribution in [2.24, 2.45) is 11.7 Å². The lowest BCUT2D eigenvalue weighted by molar-refractivity contribution is -0.0465. The number of nitrogens with zero attached hydrogens (tertiary/aromatic N) is 1. The molecule has 1 heterocycles. The fourth-order valence-corrected chi connectivity index (χ4v) is 4.03. The van der Waals surface area contributed by atoms with Crippen molar-refractivity contribution in [1.29, 1.82) is 0 Å². The molecule has 112 valence electrons. The van der Waals surface area contributed by atoms with Crippen LogP contribution in [0.3, 0.4) is 0 Å². The first-order chi connectivity index (χ1) is 8.87. The highest BCUT2D eigenvalue weighted by Gasteiger charge is 2.40. The van der Waals surface area contributed by atoms with E-state index < -0.39 is 0 Å². The van der Waals surface area contributed by atoms with Gasteiger partial charge in [-0.2, -0.15) is 0 Å². The van der Waals surface area contributed by atoms with E-state index in [-0.39, 0.29) is 11.1 Å². The number of ether oxygens (including phenoxy) is 1. The monoisotopic (exact) mass is 268 g/mol. The first-order valence-electron chi connectivity index (χ1n) is 7.96. The van der Waals surface area contributed by atoms with E-state index in [0.717, 1.165) is 19.0 Å². The first-order valence-corrected chi connectivity index (χ1v) is 7.96. The van der Waals surface area contributed by atoms with Crippen molar-refractivity contribution in [2.75, 3.05) is 20.1 Å². The zero-order chi connectivity index (χ0) is 14.1. The Morgan fingerprint density at radius 3 is 2.53 bits per heavy atom. The molecule has 0 spiro atoms. The van der Waals surface area contributed by atoms with Gasteiger partial charge in [-0.05, 0) is 52.5 Å². The SMILES string of the molecule is CC1CCCC(CN)(N(C)CC2CCC(C)(C)O2)C1. The average Bonchev–Trinajstić information content (AvgIpc) is 2.68. The summed E-state index contributed by atoms with van der Waals surface area (Å²) in [6.07, 6.45) is 7.94. The normalized spacial score (nSPS) is 38.8. The molecule has 2 N–H and O–H groups in total. The Morgan fingerprint density at radius 1 is 1.26 bits per heavy atom. The minimum atomic E-state index is 0.0707. The average molecular weight is 268 g/mol. The lowest BCUT2D eigenvalue weighted by Gasteiger charge is -2.47. The molecule has 1 saturated heterocycles. The molecule has 3 unspecified atom stereocenters. The van der Waals surface area contributed by atoms with Crippen molar-refractivity contribution in [3.8, 4) is 0 Å². The summed E-state index contributed by atoms with van der Waals surface area (Å²) in [6.45, 7) is 8.59. The summed E-state index contributed by atoms with van der Waals surface area (Å²) >= 11 is 0. The maximum absolute atomic E-state index is 6.15. The second-order valence-electron chi connectivity index (χ2n) is 7.55. The van der Waals surface area contributed by atoms with Crippen molar-refractivity contribution >= 4 is 0 Å². The highest BCUT2D eigenvalue weighted by molar-refractivity contribution is 4.96. The zero-order valence-electron chi connectivity index (χ0n) is 13.2. The van der Waals surface area contributed by atoms with E-state index in [2.05, 4.69) is 32.7 Å². The quantitative estimate of drug-likeness (QED) is 0.852. The van der Waals surface area contributed by atoms with E-state index in [1.165, 1.54) is 38.5 Å². The van der Waals surface area contributed by atoms with Gasteiger partial charge in [-0.3, -0.25) is 4.90 Å². The molecule has 1 aliphatic heterocycles. The second kappa shape index (κ2) is 5.71. The van der Waals surface area contributed by atoms with E-state index >= 15 is 0 Å². The molecule has 0 radical (unpaired) electrons. The molecule has 2 aliphatic rings. The predicted octanol–water partition coefficient (Wildman–Crippen LogP) is 2.78. The van der Waals surface area contributed by atoms with Crippen LogP contribution in [0.4, 0.5) is 0 Å². The Balaban J connectivity index is 1.95. The van der Waals surface area contributed by atoms with Crippen LogP contribution in [0.1, 0.15) is 59.3 Å². The number of likely N-dealkylation sites (N-methyl/N-ethyl adjacent to an activating group) is 1. The van der Waals surface area contributed by atoms with Crippen molar-refractivity contribution in [3.63, 3.8) is 0 Å². The van der Waals surface area contributed by atoms with Gasteiger partial charge in [0.1, 0.15) is 0 Å². The fraction of sp³-hybridized carbons (Fsp3) is 1.00. The highest BCUT2D eigenvalue weighted by Crippen LogP contribution is 2.37. The third-order valence-corrected chi connectivity index (χ3v) is 5.29. The number of rotatable bonds is 4. The van der Waals surface area contributed by atoms with E-state index in [1.807, 2.05) is 0 Å². The molecule has 2 rings (SSSR count). The summed E-state index contributed by atoms with van der Waals surface area (Å²) in [6, 6.07) is 0. The molecule has 1 saturated carbocycles. The number of hydrogen-bond acceptors (Lipinski definition) is 3. The van der Waals surface area contributed by atoms with Crippen molar-refractivity contribution in [1.82, 2.24) is 4.90 Å². The molecule has 3 atom stereocenters.